The summed E-state index contributed by atoms with van der Waals surface area (Å²) in [6.45, 7) is 3.07. The van der Waals surface area contributed by atoms with Gasteiger partial charge in [-0.15, -0.1) is 0 Å². The highest BCUT2D eigenvalue weighted by Gasteiger charge is 2.29. The van der Waals surface area contributed by atoms with E-state index >= 15 is 0 Å². The second kappa shape index (κ2) is 13.8. The van der Waals surface area contributed by atoms with Crippen molar-refractivity contribution in [3.63, 3.8) is 0 Å². The molecule has 29 heavy (non-hydrogen) atoms. The molecule has 12 heteroatoms. The third-order valence-electron chi connectivity index (χ3n) is 3.73. The first-order chi connectivity index (χ1) is 13.5. The molecule has 7 N–H and O–H groups in total. The van der Waals surface area contributed by atoms with E-state index in [1.54, 1.807) is 0 Å². The Balaban J connectivity index is 5.20. The van der Waals surface area contributed by atoms with Crippen LogP contribution in [0.1, 0.15) is 33.1 Å². The van der Waals surface area contributed by atoms with Gasteiger partial charge in [-0.2, -0.15) is 11.8 Å². The summed E-state index contributed by atoms with van der Waals surface area (Å²) < 4.78 is 0. The van der Waals surface area contributed by atoms with Crippen LogP contribution in [-0.4, -0.2) is 76.6 Å². The lowest BCUT2D eigenvalue weighted by Gasteiger charge is -2.25. The van der Waals surface area contributed by atoms with Crippen molar-refractivity contribution in [3.8, 4) is 0 Å². The molecule has 0 aromatic heterocycles. The maximum atomic E-state index is 12.7. The molecule has 0 aliphatic carbocycles. The fourth-order valence-electron chi connectivity index (χ4n) is 2.33. The van der Waals surface area contributed by atoms with Crippen molar-refractivity contribution in [2.24, 2.45) is 11.7 Å². The van der Waals surface area contributed by atoms with E-state index in [0.29, 0.717) is 5.75 Å². The molecule has 0 aromatic rings. The molecule has 0 rings (SSSR count). The molecular formula is C17H30N4O7S. The Morgan fingerprint density at radius 2 is 1.52 bits per heavy atom. The lowest BCUT2D eigenvalue weighted by Crippen LogP contribution is -2.56. The van der Waals surface area contributed by atoms with Gasteiger partial charge in [0.2, 0.25) is 17.7 Å². The molecule has 0 heterocycles. The van der Waals surface area contributed by atoms with E-state index < -0.39 is 60.8 Å². The van der Waals surface area contributed by atoms with E-state index in [9.17, 15) is 24.0 Å². The first kappa shape index (κ1) is 26.7. The Hall–Kier alpha value is -2.34. The number of carboxylic acids is 2. The summed E-state index contributed by atoms with van der Waals surface area (Å²) >= 11 is 1.45. The van der Waals surface area contributed by atoms with Crippen LogP contribution in [0, 0.1) is 5.92 Å². The van der Waals surface area contributed by atoms with Crippen LogP contribution in [0.15, 0.2) is 0 Å². The number of hydrogen-bond donors (Lipinski definition) is 6. The number of aliphatic carboxylic acids is 2. The van der Waals surface area contributed by atoms with Gasteiger partial charge in [-0.1, -0.05) is 13.8 Å². The van der Waals surface area contributed by atoms with Crippen molar-refractivity contribution in [1.29, 1.82) is 0 Å². The number of hydrogen-bond acceptors (Lipinski definition) is 7. The lowest BCUT2D eigenvalue weighted by atomic mass is 10.0. The van der Waals surface area contributed by atoms with Crippen LogP contribution in [0.4, 0.5) is 0 Å². The van der Waals surface area contributed by atoms with Gasteiger partial charge in [-0.25, -0.2) is 0 Å². The number of carbonyl (C=O) groups is 5. The zero-order valence-electron chi connectivity index (χ0n) is 16.8. The summed E-state index contributed by atoms with van der Waals surface area (Å²) in [6.07, 6.45) is 1.73. The number of carbonyl (C=O) groups excluding carboxylic acids is 3. The second-order valence-corrected chi connectivity index (χ2v) is 7.83. The molecule has 166 valence electrons. The summed E-state index contributed by atoms with van der Waals surface area (Å²) in [7, 11) is 0. The summed E-state index contributed by atoms with van der Waals surface area (Å²) in [5.41, 5.74) is 5.53. The van der Waals surface area contributed by atoms with Crippen LogP contribution in [0.5, 0.6) is 0 Å². The van der Waals surface area contributed by atoms with Crippen molar-refractivity contribution in [2.75, 3.05) is 18.6 Å². The van der Waals surface area contributed by atoms with E-state index in [1.807, 2.05) is 20.1 Å². The number of rotatable bonds is 14. The van der Waals surface area contributed by atoms with Crippen LogP contribution in [0.3, 0.4) is 0 Å². The van der Waals surface area contributed by atoms with Crippen molar-refractivity contribution >= 4 is 41.4 Å². The molecule has 3 unspecified atom stereocenters. The molecule has 3 amide bonds. The summed E-state index contributed by atoms with van der Waals surface area (Å²) in [5, 5.41) is 24.6. The van der Waals surface area contributed by atoms with E-state index in [4.69, 9.17) is 15.9 Å². The zero-order valence-corrected chi connectivity index (χ0v) is 17.6. The third-order valence-corrected chi connectivity index (χ3v) is 4.37. The Bertz CT molecular complexity index is 600. The minimum Gasteiger partial charge on any atom is -0.481 e. The summed E-state index contributed by atoms with van der Waals surface area (Å²) in [6, 6.07) is -3.32. The third kappa shape index (κ3) is 12.0. The fourth-order valence-corrected chi connectivity index (χ4v) is 2.80. The Morgan fingerprint density at radius 1 is 0.931 bits per heavy atom. The highest BCUT2D eigenvalue weighted by atomic mass is 32.2. The molecule has 0 aromatic carbocycles. The van der Waals surface area contributed by atoms with E-state index in [2.05, 4.69) is 16.0 Å². The van der Waals surface area contributed by atoms with Gasteiger partial charge in [0.25, 0.3) is 0 Å². The molecule has 3 atom stereocenters. The minimum atomic E-state index is -1.32. The van der Waals surface area contributed by atoms with Crippen LogP contribution >= 0.6 is 11.8 Å². The van der Waals surface area contributed by atoms with Gasteiger partial charge in [0.1, 0.15) is 18.6 Å². The molecule has 0 aliphatic rings. The standard InChI is InChI=1S/C17H30N4O7S/c1-9(2)6-12(21-15(26)10(18)7-13(22)23)17(28)20-11(4-5-29-3)16(27)19-8-14(24)25/h9-12H,4-8,18H2,1-3H3,(H,19,27)(H,20,28)(H,21,26)(H,22,23)(H,24,25). The first-order valence-electron chi connectivity index (χ1n) is 9.04. The molecule has 0 spiro atoms. The molecule has 11 nitrogen and oxygen atoms in total. The summed E-state index contributed by atoms with van der Waals surface area (Å²) in [4.78, 5) is 58.4. The van der Waals surface area contributed by atoms with Gasteiger partial charge in [0, 0.05) is 0 Å². The molecule has 0 fully saturated rings. The molecular weight excluding hydrogens is 404 g/mol. The summed E-state index contributed by atoms with van der Waals surface area (Å²) in [5.74, 6) is -3.99. The SMILES string of the molecule is CSCCC(NC(=O)C(CC(C)C)NC(=O)C(N)CC(=O)O)C(=O)NCC(=O)O. The predicted molar refractivity (Wildman–Crippen MR) is 107 cm³/mol. The highest BCUT2D eigenvalue weighted by Crippen LogP contribution is 2.08. The van der Waals surface area contributed by atoms with Crippen LogP contribution < -0.4 is 21.7 Å². The molecule has 0 aliphatic heterocycles. The van der Waals surface area contributed by atoms with Gasteiger partial charge in [0.05, 0.1) is 12.5 Å². The van der Waals surface area contributed by atoms with Crippen LogP contribution in [-0.2, 0) is 24.0 Å². The normalized spacial score (nSPS) is 13.8. The van der Waals surface area contributed by atoms with Gasteiger partial charge < -0.3 is 31.9 Å². The number of carboxylic acid groups (broad SMARTS) is 2. The van der Waals surface area contributed by atoms with Gasteiger partial charge in [-0.3, -0.25) is 24.0 Å². The topological polar surface area (TPSA) is 188 Å². The van der Waals surface area contributed by atoms with Gasteiger partial charge >= 0.3 is 11.9 Å². The average molecular weight is 435 g/mol. The Labute approximate surface area is 173 Å². The predicted octanol–water partition coefficient (Wildman–Crippen LogP) is -1.24. The molecule has 0 radical (unpaired) electrons. The second-order valence-electron chi connectivity index (χ2n) is 6.85. The molecule has 0 saturated carbocycles. The van der Waals surface area contributed by atoms with Crippen molar-refractivity contribution in [2.45, 2.75) is 51.2 Å². The van der Waals surface area contributed by atoms with Gasteiger partial charge in [-0.05, 0) is 30.8 Å². The van der Waals surface area contributed by atoms with E-state index in [1.165, 1.54) is 11.8 Å². The first-order valence-corrected chi connectivity index (χ1v) is 10.4. The van der Waals surface area contributed by atoms with E-state index in [0.717, 1.165) is 0 Å². The average Bonchev–Trinajstić information content (AvgIpc) is 2.61. The number of thioether (sulfide) groups is 1. The van der Waals surface area contributed by atoms with Crippen LogP contribution in [0.2, 0.25) is 0 Å². The lowest BCUT2D eigenvalue weighted by molar-refractivity contribution is -0.140. The minimum absolute atomic E-state index is 0.00670. The van der Waals surface area contributed by atoms with Crippen molar-refractivity contribution < 1.29 is 34.2 Å². The quantitative estimate of drug-likeness (QED) is 0.194. The molecule has 0 saturated heterocycles. The smallest absolute Gasteiger partial charge is 0.322 e. The largest absolute Gasteiger partial charge is 0.481 e. The Kier molecular flexibility index (Phi) is 12.7. The maximum Gasteiger partial charge on any atom is 0.322 e. The monoisotopic (exact) mass is 434 g/mol. The van der Waals surface area contributed by atoms with Crippen LogP contribution in [0.25, 0.3) is 0 Å². The number of amides is 3. The van der Waals surface area contributed by atoms with E-state index in [-0.39, 0.29) is 18.8 Å². The fraction of sp³-hybridized carbons (Fsp3) is 0.706. The number of nitrogens with one attached hydrogen (secondary N) is 3. The maximum absolute atomic E-state index is 12.7. The van der Waals surface area contributed by atoms with Crippen molar-refractivity contribution in [1.82, 2.24) is 16.0 Å². The zero-order chi connectivity index (χ0) is 22.6. The highest BCUT2D eigenvalue weighted by molar-refractivity contribution is 7.98. The number of nitrogens with two attached hydrogens (primary N) is 1. The van der Waals surface area contributed by atoms with Gasteiger partial charge in [0.15, 0.2) is 0 Å². The van der Waals surface area contributed by atoms with Crippen molar-refractivity contribution in [3.05, 3.63) is 0 Å². The molecule has 0 bridgehead atoms. The Morgan fingerprint density at radius 3 is 2.00 bits per heavy atom.